The van der Waals surface area contributed by atoms with Crippen LogP contribution in [0.25, 0.3) is 0 Å². The topological polar surface area (TPSA) is 75.1 Å². The number of anilines is 1. The molecule has 2 rings (SSSR count). The molecule has 1 fully saturated rings. The van der Waals surface area contributed by atoms with Crippen molar-refractivity contribution in [3.8, 4) is 0 Å². The quantitative estimate of drug-likeness (QED) is 0.754. The summed E-state index contributed by atoms with van der Waals surface area (Å²) in [7, 11) is 0. The number of aromatic nitrogens is 2. The molecule has 5 nitrogen and oxygen atoms in total. The Morgan fingerprint density at radius 1 is 1.37 bits per heavy atom. The van der Waals surface area contributed by atoms with E-state index >= 15 is 0 Å². The van der Waals surface area contributed by atoms with Gasteiger partial charge < -0.3 is 10.4 Å². The van der Waals surface area contributed by atoms with Gasteiger partial charge in [0.1, 0.15) is 0 Å². The highest BCUT2D eigenvalue weighted by molar-refractivity contribution is 8.01. The Labute approximate surface area is 121 Å². The Balaban J connectivity index is 1.66. The minimum Gasteiger partial charge on any atom is -0.481 e. The number of nitrogens with one attached hydrogen (secondary N) is 1. The molecule has 0 unspecified atom stereocenters. The molecule has 106 valence electrons. The molecular formula is C12H19N3O2S2. The van der Waals surface area contributed by atoms with E-state index in [2.05, 4.69) is 15.5 Å². The van der Waals surface area contributed by atoms with Gasteiger partial charge in [-0.15, -0.1) is 10.2 Å². The Bertz CT molecular complexity index is 405. The van der Waals surface area contributed by atoms with Crippen LogP contribution in [0.3, 0.4) is 0 Å². The molecule has 0 aromatic carbocycles. The third-order valence-electron chi connectivity index (χ3n) is 3.28. The normalized spacial score (nSPS) is 16.4. The highest BCUT2D eigenvalue weighted by atomic mass is 32.2. The van der Waals surface area contributed by atoms with Gasteiger partial charge in [0.2, 0.25) is 5.13 Å². The first-order chi connectivity index (χ1) is 9.24. The lowest BCUT2D eigenvalue weighted by Crippen LogP contribution is -2.12. The Morgan fingerprint density at radius 3 is 2.89 bits per heavy atom. The van der Waals surface area contributed by atoms with E-state index < -0.39 is 5.97 Å². The second kappa shape index (κ2) is 7.69. The second-order valence-electron chi connectivity index (χ2n) is 4.78. The number of thioether (sulfide) groups is 1. The summed E-state index contributed by atoms with van der Waals surface area (Å²) in [6, 6.07) is 0. The lowest BCUT2D eigenvalue weighted by atomic mass is 9.87. The van der Waals surface area contributed by atoms with Gasteiger partial charge in [-0.3, -0.25) is 4.79 Å². The van der Waals surface area contributed by atoms with E-state index in [0.29, 0.717) is 4.34 Å². The first kappa shape index (κ1) is 14.6. The highest BCUT2D eigenvalue weighted by Crippen LogP contribution is 2.27. The maximum atomic E-state index is 10.4. The molecule has 0 spiro atoms. The lowest BCUT2D eigenvalue weighted by molar-refractivity contribution is -0.133. The van der Waals surface area contributed by atoms with E-state index in [9.17, 15) is 4.79 Å². The summed E-state index contributed by atoms with van der Waals surface area (Å²) in [4.78, 5) is 10.4. The van der Waals surface area contributed by atoms with E-state index in [1.54, 1.807) is 0 Å². The van der Waals surface area contributed by atoms with Crippen LogP contribution in [-0.4, -0.2) is 33.6 Å². The number of carboxylic acid groups (broad SMARTS) is 1. The Kier molecular flexibility index (Phi) is 5.91. The highest BCUT2D eigenvalue weighted by Gasteiger charge is 2.13. The molecule has 0 radical (unpaired) electrons. The molecular weight excluding hydrogens is 282 g/mol. The molecule has 1 heterocycles. The van der Waals surface area contributed by atoms with Gasteiger partial charge in [0.25, 0.3) is 0 Å². The number of aliphatic carboxylic acids is 1. The summed E-state index contributed by atoms with van der Waals surface area (Å²) < 4.78 is 0.711. The maximum absolute atomic E-state index is 10.4. The van der Waals surface area contributed by atoms with Crippen LogP contribution in [-0.2, 0) is 4.79 Å². The predicted octanol–water partition coefficient (Wildman–Crippen LogP) is 3.10. The zero-order valence-electron chi connectivity index (χ0n) is 10.8. The smallest absolute Gasteiger partial charge is 0.313 e. The number of carbonyl (C=O) groups is 1. The average Bonchev–Trinajstić information content (AvgIpc) is 2.86. The fourth-order valence-electron chi connectivity index (χ4n) is 2.32. The standard InChI is InChI=1S/C12H19N3O2S2/c16-10(17)8-18-12-15-14-11(19-12)13-7-6-9-4-2-1-3-5-9/h9H,1-8H2,(H,13,14)(H,16,17). The predicted molar refractivity (Wildman–Crippen MR) is 78.0 cm³/mol. The number of carboxylic acids is 1. The minimum atomic E-state index is -0.827. The fraction of sp³-hybridized carbons (Fsp3) is 0.750. The molecule has 0 amide bonds. The zero-order chi connectivity index (χ0) is 13.5. The van der Waals surface area contributed by atoms with E-state index in [1.807, 2.05) is 0 Å². The second-order valence-corrected chi connectivity index (χ2v) is 6.98. The largest absolute Gasteiger partial charge is 0.481 e. The van der Waals surface area contributed by atoms with Crippen molar-refractivity contribution in [3.05, 3.63) is 0 Å². The summed E-state index contributed by atoms with van der Waals surface area (Å²) in [6.07, 6.45) is 8.05. The van der Waals surface area contributed by atoms with E-state index in [0.717, 1.165) is 17.6 Å². The summed E-state index contributed by atoms with van der Waals surface area (Å²) in [5.41, 5.74) is 0. The van der Waals surface area contributed by atoms with Crippen molar-refractivity contribution in [2.75, 3.05) is 17.6 Å². The molecule has 1 aromatic rings. The Morgan fingerprint density at radius 2 is 2.16 bits per heavy atom. The van der Waals surface area contributed by atoms with Crippen molar-refractivity contribution in [1.29, 1.82) is 0 Å². The molecule has 1 aliphatic rings. The summed E-state index contributed by atoms with van der Waals surface area (Å²) in [5.74, 6) is 0.0681. The third kappa shape index (κ3) is 5.36. The summed E-state index contributed by atoms with van der Waals surface area (Å²) in [6.45, 7) is 0.933. The molecule has 0 aliphatic heterocycles. The SMILES string of the molecule is O=C(O)CSc1nnc(NCCC2CCCCC2)s1. The number of hydrogen-bond donors (Lipinski definition) is 2. The summed E-state index contributed by atoms with van der Waals surface area (Å²) in [5, 5.41) is 20.6. The fourth-order valence-corrected chi connectivity index (χ4v) is 3.82. The van der Waals surface area contributed by atoms with Crippen LogP contribution in [0, 0.1) is 5.92 Å². The van der Waals surface area contributed by atoms with Crippen LogP contribution in [0.2, 0.25) is 0 Å². The van der Waals surface area contributed by atoms with Crippen molar-refractivity contribution in [2.24, 2.45) is 5.92 Å². The van der Waals surface area contributed by atoms with Crippen LogP contribution in [0.1, 0.15) is 38.5 Å². The van der Waals surface area contributed by atoms with Gasteiger partial charge in [-0.1, -0.05) is 55.2 Å². The van der Waals surface area contributed by atoms with Crippen molar-refractivity contribution in [2.45, 2.75) is 42.9 Å². The van der Waals surface area contributed by atoms with Crippen LogP contribution in [0.5, 0.6) is 0 Å². The van der Waals surface area contributed by atoms with Gasteiger partial charge >= 0.3 is 5.97 Å². The number of rotatable bonds is 7. The van der Waals surface area contributed by atoms with Gasteiger partial charge in [0.15, 0.2) is 4.34 Å². The van der Waals surface area contributed by atoms with Crippen molar-refractivity contribution in [1.82, 2.24) is 10.2 Å². The van der Waals surface area contributed by atoms with Crippen LogP contribution < -0.4 is 5.32 Å². The molecule has 19 heavy (non-hydrogen) atoms. The molecule has 0 saturated heterocycles. The van der Waals surface area contributed by atoms with Gasteiger partial charge in [-0.05, 0) is 12.3 Å². The van der Waals surface area contributed by atoms with Crippen LogP contribution in [0.15, 0.2) is 4.34 Å². The van der Waals surface area contributed by atoms with E-state index in [-0.39, 0.29) is 5.75 Å². The minimum absolute atomic E-state index is 0.0384. The Hall–Kier alpha value is -0.820. The van der Waals surface area contributed by atoms with E-state index in [1.165, 1.54) is 61.6 Å². The maximum Gasteiger partial charge on any atom is 0.313 e. The average molecular weight is 301 g/mol. The molecule has 0 bridgehead atoms. The number of hydrogen-bond acceptors (Lipinski definition) is 6. The van der Waals surface area contributed by atoms with Crippen molar-refractivity contribution >= 4 is 34.2 Å². The monoisotopic (exact) mass is 301 g/mol. The molecule has 2 N–H and O–H groups in total. The first-order valence-corrected chi connectivity index (χ1v) is 8.46. The lowest BCUT2D eigenvalue weighted by Gasteiger charge is -2.21. The van der Waals surface area contributed by atoms with Crippen LogP contribution >= 0.6 is 23.1 Å². The van der Waals surface area contributed by atoms with Crippen molar-refractivity contribution in [3.63, 3.8) is 0 Å². The molecule has 1 aromatic heterocycles. The zero-order valence-corrected chi connectivity index (χ0v) is 12.4. The molecule has 1 saturated carbocycles. The first-order valence-electron chi connectivity index (χ1n) is 6.66. The van der Waals surface area contributed by atoms with Gasteiger partial charge in [0, 0.05) is 6.54 Å². The molecule has 7 heteroatoms. The molecule has 0 atom stereocenters. The van der Waals surface area contributed by atoms with Gasteiger partial charge in [-0.2, -0.15) is 0 Å². The number of nitrogens with zero attached hydrogens (tertiary/aromatic N) is 2. The van der Waals surface area contributed by atoms with Crippen molar-refractivity contribution < 1.29 is 9.90 Å². The summed E-state index contributed by atoms with van der Waals surface area (Å²) >= 11 is 2.64. The van der Waals surface area contributed by atoms with Gasteiger partial charge in [-0.25, -0.2) is 0 Å². The van der Waals surface area contributed by atoms with Crippen LogP contribution in [0.4, 0.5) is 5.13 Å². The third-order valence-corrected chi connectivity index (χ3v) is 5.28. The van der Waals surface area contributed by atoms with E-state index in [4.69, 9.17) is 5.11 Å². The van der Waals surface area contributed by atoms with Gasteiger partial charge in [0.05, 0.1) is 5.75 Å². The molecule has 1 aliphatic carbocycles.